The number of amides is 2. The van der Waals surface area contributed by atoms with E-state index in [9.17, 15) is 29.8 Å². The van der Waals surface area contributed by atoms with E-state index in [1.165, 1.54) is 47.5 Å². The number of rotatable bonds is 6. The molecule has 0 aliphatic carbocycles. The molecule has 0 aromatic heterocycles. The molecule has 11 heteroatoms. The van der Waals surface area contributed by atoms with Crippen LogP contribution in [-0.2, 0) is 21.0 Å². The van der Waals surface area contributed by atoms with Crippen molar-refractivity contribution in [1.82, 2.24) is 4.90 Å². The highest BCUT2D eigenvalue weighted by molar-refractivity contribution is 6.07. The van der Waals surface area contributed by atoms with Gasteiger partial charge in [0, 0.05) is 18.2 Å². The van der Waals surface area contributed by atoms with E-state index in [2.05, 4.69) is 0 Å². The zero-order valence-electron chi connectivity index (χ0n) is 18.1. The van der Waals surface area contributed by atoms with Gasteiger partial charge >= 0.3 is 0 Å². The number of para-hydroxylation sites is 1. The number of benzene rings is 3. The Labute approximate surface area is 198 Å². The second-order valence-electron chi connectivity index (χ2n) is 8.16. The van der Waals surface area contributed by atoms with Crippen LogP contribution in [0.15, 0.2) is 78.9 Å². The summed E-state index contributed by atoms with van der Waals surface area (Å²) in [6.07, 6.45) is -1.23. The number of anilines is 1. The smallest absolute Gasteiger partial charge is 0.274 e. The predicted molar refractivity (Wildman–Crippen MR) is 122 cm³/mol. The van der Waals surface area contributed by atoms with Crippen LogP contribution in [0.4, 0.5) is 17.1 Å². The molecule has 2 aliphatic rings. The first-order chi connectivity index (χ1) is 16.9. The molecular formula is C24H18N4O7. The Morgan fingerprint density at radius 2 is 1.54 bits per heavy atom. The van der Waals surface area contributed by atoms with Gasteiger partial charge in [-0.3, -0.25) is 39.6 Å². The highest BCUT2D eigenvalue weighted by Crippen LogP contribution is 2.49. The summed E-state index contributed by atoms with van der Waals surface area (Å²) < 4.78 is 0. The van der Waals surface area contributed by atoms with Gasteiger partial charge in [-0.1, -0.05) is 48.5 Å². The number of non-ortho nitro benzene ring substituents is 1. The third-order valence-corrected chi connectivity index (χ3v) is 6.14. The van der Waals surface area contributed by atoms with Gasteiger partial charge in [-0.15, -0.1) is 0 Å². The van der Waals surface area contributed by atoms with Gasteiger partial charge in [0.15, 0.2) is 6.10 Å². The summed E-state index contributed by atoms with van der Waals surface area (Å²) >= 11 is 0. The zero-order chi connectivity index (χ0) is 24.7. The maximum absolute atomic E-state index is 13.5. The number of fused-ring (bicyclic) bond motifs is 1. The minimum absolute atomic E-state index is 0.0370. The van der Waals surface area contributed by atoms with Crippen LogP contribution >= 0.6 is 0 Å². The van der Waals surface area contributed by atoms with Crippen molar-refractivity contribution in [2.24, 2.45) is 5.92 Å². The number of nitro benzene ring substituents is 2. The van der Waals surface area contributed by atoms with Gasteiger partial charge in [0.1, 0.15) is 12.0 Å². The van der Waals surface area contributed by atoms with Crippen molar-refractivity contribution in [3.63, 3.8) is 0 Å². The molecule has 2 fully saturated rings. The van der Waals surface area contributed by atoms with Crippen LogP contribution < -0.4 is 5.06 Å². The molecule has 11 nitrogen and oxygen atoms in total. The summed E-state index contributed by atoms with van der Waals surface area (Å²) in [7, 11) is 0. The van der Waals surface area contributed by atoms with Gasteiger partial charge in [0.25, 0.3) is 17.3 Å². The maximum atomic E-state index is 13.5. The Kier molecular flexibility index (Phi) is 5.46. The topological polar surface area (TPSA) is 136 Å². The Hall–Kier alpha value is -4.64. The zero-order valence-corrected chi connectivity index (χ0v) is 18.1. The van der Waals surface area contributed by atoms with E-state index >= 15 is 0 Å². The molecule has 2 saturated heterocycles. The molecule has 3 aromatic rings. The summed E-state index contributed by atoms with van der Waals surface area (Å²) in [5, 5.41) is 24.3. The van der Waals surface area contributed by atoms with E-state index < -0.39 is 39.7 Å². The van der Waals surface area contributed by atoms with Gasteiger partial charge in [0.05, 0.1) is 27.6 Å². The first-order valence-electron chi connectivity index (χ1n) is 10.7. The van der Waals surface area contributed by atoms with Crippen LogP contribution in [0.25, 0.3) is 0 Å². The second kappa shape index (κ2) is 8.61. The third-order valence-electron chi connectivity index (χ3n) is 6.14. The van der Waals surface area contributed by atoms with Gasteiger partial charge in [-0.2, -0.15) is 0 Å². The molecular weight excluding hydrogens is 456 g/mol. The van der Waals surface area contributed by atoms with Crippen LogP contribution in [0.5, 0.6) is 0 Å². The lowest BCUT2D eigenvalue weighted by Gasteiger charge is -2.28. The van der Waals surface area contributed by atoms with Crippen molar-refractivity contribution < 1.29 is 24.3 Å². The van der Waals surface area contributed by atoms with Gasteiger partial charge in [-0.25, -0.2) is 5.06 Å². The van der Waals surface area contributed by atoms with Crippen molar-refractivity contribution in [1.29, 1.82) is 0 Å². The maximum Gasteiger partial charge on any atom is 0.274 e. The number of hydrogen-bond acceptors (Lipinski definition) is 8. The number of hydrogen-bond donors (Lipinski definition) is 0. The summed E-state index contributed by atoms with van der Waals surface area (Å²) in [4.78, 5) is 55.8. The molecule has 5 rings (SSSR count). The molecule has 176 valence electrons. The van der Waals surface area contributed by atoms with Crippen LogP contribution in [0.1, 0.15) is 17.2 Å². The number of nitro groups is 2. The molecule has 0 N–H and O–H groups in total. The Morgan fingerprint density at radius 3 is 2.26 bits per heavy atom. The molecule has 0 bridgehead atoms. The van der Waals surface area contributed by atoms with Gasteiger partial charge in [0.2, 0.25) is 5.91 Å². The quantitative estimate of drug-likeness (QED) is 0.301. The molecule has 3 atom stereocenters. The Morgan fingerprint density at radius 1 is 0.829 bits per heavy atom. The molecule has 3 aromatic carbocycles. The summed E-state index contributed by atoms with van der Waals surface area (Å²) in [6.45, 7) is 0.0370. The third kappa shape index (κ3) is 3.77. The normalized spacial score (nSPS) is 21.3. The fraction of sp³-hybridized carbons (Fsp3) is 0.167. The number of hydroxylamine groups is 1. The number of carbonyl (C=O) groups excluding carboxylic acids is 2. The molecule has 2 heterocycles. The van der Waals surface area contributed by atoms with Crippen molar-refractivity contribution in [2.75, 3.05) is 5.06 Å². The molecule has 0 radical (unpaired) electrons. The van der Waals surface area contributed by atoms with Crippen LogP contribution in [0, 0.1) is 26.1 Å². The predicted octanol–water partition coefficient (Wildman–Crippen LogP) is 3.55. The molecule has 2 amide bonds. The van der Waals surface area contributed by atoms with E-state index in [-0.39, 0.29) is 29.2 Å². The van der Waals surface area contributed by atoms with Crippen molar-refractivity contribution in [3.8, 4) is 0 Å². The molecule has 35 heavy (non-hydrogen) atoms. The van der Waals surface area contributed by atoms with E-state index in [4.69, 9.17) is 4.84 Å². The lowest BCUT2D eigenvalue weighted by molar-refractivity contribution is -0.385. The number of carbonyl (C=O) groups is 2. The largest absolute Gasteiger partial charge is 0.275 e. The van der Waals surface area contributed by atoms with E-state index in [1.54, 1.807) is 30.3 Å². The number of imide groups is 1. The van der Waals surface area contributed by atoms with Crippen LogP contribution in [0.3, 0.4) is 0 Å². The second-order valence-corrected chi connectivity index (χ2v) is 8.16. The number of nitrogens with zero attached hydrogens (tertiary/aromatic N) is 4. The standard InChI is InChI=1S/C24H18N4O7/c29-23-20-21(18-11-4-5-12-19(18)28(33)34)26(16-9-6-10-17(13-16)27(31)32)35-22(20)24(30)25(23)14-15-7-2-1-3-8-15/h1-13,20-22H,14H2. The minimum atomic E-state index is -1.23. The van der Waals surface area contributed by atoms with Crippen LogP contribution in [0.2, 0.25) is 0 Å². The number of likely N-dealkylation sites (tertiary alicyclic amines) is 1. The fourth-order valence-corrected chi connectivity index (χ4v) is 4.58. The molecule has 2 aliphatic heterocycles. The lowest BCUT2D eigenvalue weighted by Crippen LogP contribution is -2.37. The molecule has 0 spiro atoms. The van der Waals surface area contributed by atoms with Gasteiger partial charge < -0.3 is 0 Å². The van der Waals surface area contributed by atoms with Crippen LogP contribution in [-0.4, -0.2) is 32.7 Å². The fourth-order valence-electron chi connectivity index (χ4n) is 4.58. The monoisotopic (exact) mass is 474 g/mol. The van der Waals surface area contributed by atoms with Crippen molar-refractivity contribution >= 4 is 28.9 Å². The van der Waals surface area contributed by atoms with Crippen molar-refractivity contribution in [3.05, 3.63) is 110 Å². The van der Waals surface area contributed by atoms with E-state index in [0.29, 0.717) is 0 Å². The molecule has 3 unspecified atom stereocenters. The highest BCUT2D eigenvalue weighted by Gasteiger charge is 2.60. The summed E-state index contributed by atoms with van der Waals surface area (Å²) in [5.41, 5.74) is 0.630. The minimum Gasteiger partial charge on any atom is -0.275 e. The average molecular weight is 474 g/mol. The average Bonchev–Trinajstić information content (AvgIpc) is 3.36. The summed E-state index contributed by atoms with van der Waals surface area (Å²) in [6, 6.07) is 19.3. The summed E-state index contributed by atoms with van der Waals surface area (Å²) in [5.74, 6) is -2.17. The van der Waals surface area contributed by atoms with Crippen molar-refractivity contribution in [2.45, 2.75) is 18.7 Å². The Balaban J connectivity index is 1.60. The lowest BCUT2D eigenvalue weighted by atomic mass is 9.89. The highest BCUT2D eigenvalue weighted by atomic mass is 16.7. The SMILES string of the molecule is O=C1C2ON(c3cccc([N+](=O)[O-])c3)C(c3ccccc3[N+](=O)[O-])C2C(=O)N1Cc1ccccc1. The molecule has 0 saturated carbocycles. The van der Waals surface area contributed by atoms with E-state index in [0.717, 1.165) is 10.5 Å². The Bertz CT molecular complexity index is 1350. The first-order valence-corrected chi connectivity index (χ1v) is 10.7. The van der Waals surface area contributed by atoms with Gasteiger partial charge in [-0.05, 0) is 17.7 Å². The first kappa shape index (κ1) is 22.2. The van der Waals surface area contributed by atoms with E-state index in [1.807, 2.05) is 6.07 Å².